The van der Waals surface area contributed by atoms with E-state index >= 15 is 0 Å². The van der Waals surface area contributed by atoms with Crippen LogP contribution in [0.4, 0.5) is 5.95 Å². The van der Waals surface area contributed by atoms with Crippen LogP contribution in [0.2, 0.25) is 0 Å². The molecule has 3 rings (SSSR count). The number of nitrogens with zero attached hydrogens (tertiary/aromatic N) is 4. The summed E-state index contributed by atoms with van der Waals surface area (Å²) in [6.07, 6.45) is 2.09. The SMILES string of the molecule is COCCNC(=O)c1cnc(N(C)C)nc1C1CCN(S(=O)(=O)c2ccccc2)C1. The van der Waals surface area contributed by atoms with Crippen LogP contribution in [-0.2, 0) is 14.8 Å². The average Bonchev–Trinajstić information content (AvgIpc) is 3.25. The Morgan fingerprint density at radius 2 is 2.03 bits per heavy atom. The lowest BCUT2D eigenvalue weighted by atomic mass is 10.00. The number of hydrogen-bond donors (Lipinski definition) is 1. The molecule has 1 amide bonds. The number of nitrogens with one attached hydrogen (secondary N) is 1. The van der Waals surface area contributed by atoms with E-state index in [9.17, 15) is 13.2 Å². The zero-order valence-corrected chi connectivity index (χ0v) is 18.2. The highest BCUT2D eigenvalue weighted by Crippen LogP contribution is 2.32. The smallest absolute Gasteiger partial charge is 0.254 e. The van der Waals surface area contributed by atoms with E-state index in [4.69, 9.17) is 4.74 Å². The van der Waals surface area contributed by atoms with Crippen molar-refractivity contribution < 1.29 is 17.9 Å². The van der Waals surface area contributed by atoms with Crippen molar-refractivity contribution in [1.82, 2.24) is 19.6 Å². The van der Waals surface area contributed by atoms with E-state index in [-0.39, 0.29) is 23.3 Å². The molecule has 0 aliphatic carbocycles. The molecular formula is C20H27N5O4S. The third-order valence-corrected chi connectivity index (χ3v) is 6.84. The van der Waals surface area contributed by atoms with Gasteiger partial charge in [-0.15, -0.1) is 0 Å². The number of carbonyl (C=O) groups is 1. The number of anilines is 1. The highest BCUT2D eigenvalue weighted by molar-refractivity contribution is 7.89. The molecule has 30 heavy (non-hydrogen) atoms. The number of sulfonamides is 1. The van der Waals surface area contributed by atoms with Crippen LogP contribution in [0.5, 0.6) is 0 Å². The summed E-state index contributed by atoms with van der Waals surface area (Å²) in [5.74, 6) is -0.0205. The summed E-state index contributed by atoms with van der Waals surface area (Å²) in [7, 11) is 1.60. The fourth-order valence-corrected chi connectivity index (χ4v) is 4.88. The lowest BCUT2D eigenvalue weighted by Crippen LogP contribution is -2.31. The Kier molecular flexibility index (Phi) is 7.01. The molecular weight excluding hydrogens is 406 g/mol. The summed E-state index contributed by atoms with van der Waals surface area (Å²) in [5.41, 5.74) is 0.926. The Morgan fingerprint density at radius 3 is 2.70 bits per heavy atom. The van der Waals surface area contributed by atoms with Crippen molar-refractivity contribution in [3.63, 3.8) is 0 Å². The van der Waals surface area contributed by atoms with E-state index in [1.807, 2.05) is 14.1 Å². The molecule has 1 aliphatic rings. The largest absolute Gasteiger partial charge is 0.383 e. The molecule has 2 aromatic rings. The summed E-state index contributed by atoms with van der Waals surface area (Å²) in [6.45, 7) is 1.39. The predicted octanol–water partition coefficient (Wildman–Crippen LogP) is 1.10. The van der Waals surface area contributed by atoms with E-state index in [1.54, 1.807) is 42.3 Å². The summed E-state index contributed by atoms with van der Waals surface area (Å²) < 4.78 is 32.4. The van der Waals surface area contributed by atoms with E-state index < -0.39 is 10.0 Å². The van der Waals surface area contributed by atoms with Crippen molar-refractivity contribution in [2.75, 3.05) is 52.3 Å². The Hall–Kier alpha value is -2.56. The predicted molar refractivity (Wildman–Crippen MR) is 113 cm³/mol. The van der Waals surface area contributed by atoms with Gasteiger partial charge in [0.2, 0.25) is 16.0 Å². The van der Waals surface area contributed by atoms with Crippen LogP contribution in [0.3, 0.4) is 0 Å². The van der Waals surface area contributed by atoms with Gasteiger partial charge in [-0.1, -0.05) is 18.2 Å². The minimum Gasteiger partial charge on any atom is -0.383 e. The maximum atomic E-state index is 13.0. The molecule has 0 spiro atoms. The maximum absolute atomic E-state index is 13.0. The molecule has 9 nitrogen and oxygen atoms in total. The third kappa shape index (κ3) is 4.77. The third-order valence-electron chi connectivity index (χ3n) is 4.96. The number of amides is 1. The van der Waals surface area contributed by atoms with E-state index in [1.165, 1.54) is 10.5 Å². The van der Waals surface area contributed by atoms with Gasteiger partial charge in [0.1, 0.15) is 0 Å². The highest BCUT2D eigenvalue weighted by atomic mass is 32.2. The number of ether oxygens (including phenoxy) is 1. The molecule has 1 unspecified atom stereocenters. The Morgan fingerprint density at radius 1 is 1.30 bits per heavy atom. The number of hydrogen-bond acceptors (Lipinski definition) is 7. The van der Waals surface area contributed by atoms with Gasteiger partial charge in [0.05, 0.1) is 22.8 Å². The molecule has 0 saturated carbocycles. The van der Waals surface area contributed by atoms with Crippen molar-refractivity contribution in [3.05, 3.63) is 47.8 Å². The molecule has 2 heterocycles. The number of methoxy groups -OCH3 is 1. The van der Waals surface area contributed by atoms with Crippen molar-refractivity contribution in [1.29, 1.82) is 0 Å². The first-order valence-electron chi connectivity index (χ1n) is 9.71. The second kappa shape index (κ2) is 9.50. The molecule has 1 aliphatic heterocycles. The Bertz CT molecular complexity index is 982. The first-order chi connectivity index (χ1) is 14.3. The minimum absolute atomic E-state index is 0.201. The summed E-state index contributed by atoms with van der Waals surface area (Å²) in [5, 5.41) is 2.79. The summed E-state index contributed by atoms with van der Waals surface area (Å²) in [4.78, 5) is 23.6. The van der Waals surface area contributed by atoms with Crippen LogP contribution in [-0.4, -0.2) is 76.0 Å². The molecule has 1 aromatic heterocycles. The first kappa shape index (κ1) is 22.1. The van der Waals surface area contributed by atoms with Gasteiger partial charge in [0.25, 0.3) is 5.91 Å². The second-order valence-corrected chi connectivity index (χ2v) is 9.21. The van der Waals surface area contributed by atoms with Crippen molar-refractivity contribution in [3.8, 4) is 0 Å². The quantitative estimate of drug-likeness (QED) is 0.622. The van der Waals surface area contributed by atoms with Gasteiger partial charge < -0.3 is 15.0 Å². The summed E-state index contributed by atoms with van der Waals surface area (Å²) >= 11 is 0. The fourth-order valence-electron chi connectivity index (χ4n) is 3.36. The number of rotatable bonds is 8. The first-order valence-corrected chi connectivity index (χ1v) is 11.1. The number of benzene rings is 1. The van der Waals surface area contributed by atoms with Gasteiger partial charge in [-0.2, -0.15) is 4.31 Å². The van der Waals surface area contributed by atoms with Gasteiger partial charge in [-0.05, 0) is 18.6 Å². The zero-order chi connectivity index (χ0) is 21.7. The fraction of sp³-hybridized carbons (Fsp3) is 0.450. The van der Waals surface area contributed by atoms with Crippen LogP contribution in [0.25, 0.3) is 0 Å². The number of aromatic nitrogens is 2. The Balaban J connectivity index is 1.87. The topological polar surface area (TPSA) is 105 Å². The summed E-state index contributed by atoms with van der Waals surface area (Å²) in [6, 6.07) is 8.37. The van der Waals surface area contributed by atoms with Crippen LogP contribution < -0.4 is 10.2 Å². The van der Waals surface area contributed by atoms with E-state index in [0.29, 0.717) is 43.3 Å². The van der Waals surface area contributed by atoms with Crippen molar-refractivity contribution in [2.45, 2.75) is 17.2 Å². The maximum Gasteiger partial charge on any atom is 0.254 e. The molecule has 1 N–H and O–H groups in total. The van der Waals surface area contributed by atoms with Gasteiger partial charge in [0.15, 0.2) is 0 Å². The monoisotopic (exact) mass is 433 g/mol. The molecule has 1 atom stereocenters. The second-order valence-electron chi connectivity index (χ2n) is 7.27. The molecule has 10 heteroatoms. The molecule has 0 bridgehead atoms. The molecule has 162 valence electrons. The Labute approximate surface area is 177 Å². The minimum atomic E-state index is -3.59. The normalized spacial score (nSPS) is 17.1. The van der Waals surface area contributed by atoms with Gasteiger partial charge in [-0.25, -0.2) is 18.4 Å². The molecule has 1 aromatic carbocycles. The lowest BCUT2D eigenvalue weighted by Gasteiger charge is -2.19. The van der Waals surface area contributed by atoms with Crippen LogP contribution in [0.1, 0.15) is 28.4 Å². The van der Waals surface area contributed by atoms with E-state index in [0.717, 1.165) is 0 Å². The van der Waals surface area contributed by atoms with Gasteiger partial charge in [0, 0.05) is 53.0 Å². The van der Waals surface area contributed by atoms with E-state index in [2.05, 4.69) is 15.3 Å². The van der Waals surface area contributed by atoms with Crippen molar-refractivity contribution >= 4 is 21.9 Å². The average molecular weight is 434 g/mol. The lowest BCUT2D eigenvalue weighted by molar-refractivity contribution is 0.0935. The van der Waals surface area contributed by atoms with Crippen molar-refractivity contribution in [2.24, 2.45) is 0 Å². The van der Waals surface area contributed by atoms with Crippen LogP contribution >= 0.6 is 0 Å². The van der Waals surface area contributed by atoms with Gasteiger partial charge >= 0.3 is 0 Å². The highest BCUT2D eigenvalue weighted by Gasteiger charge is 2.35. The van der Waals surface area contributed by atoms with Gasteiger partial charge in [-0.3, -0.25) is 4.79 Å². The van der Waals surface area contributed by atoms with Crippen LogP contribution in [0.15, 0.2) is 41.4 Å². The molecule has 1 fully saturated rings. The zero-order valence-electron chi connectivity index (χ0n) is 17.4. The molecule has 0 radical (unpaired) electrons. The molecule has 1 saturated heterocycles. The van der Waals surface area contributed by atoms with Crippen LogP contribution in [0, 0.1) is 0 Å². The standard InChI is InChI=1S/C20H27N5O4S/c1-24(2)20-22-13-17(19(26)21-10-12-29-3)18(23-20)15-9-11-25(14-15)30(27,28)16-7-5-4-6-8-16/h4-8,13,15H,9-12,14H2,1-3H3,(H,21,26). The number of carbonyl (C=O) groups excluding carboxylic acids is 1.